The third-order valence-electron chi connectivity index (χ3n) is 7.09. The van der Waals surface area contributed by atoms with Gasteiger partial charge in [-0.1, -0.05) is 6.92 Å². The number of halogens is 1. The molecule has 1 fully saturated rings. The molecule has 1 unspecified atom stereocenters. The van der Waals surface area contributed by atoms with Crippen molar-refractivity contribution in [2.45, 2.75) is 65.1 Å². The number of hydrogen-bond donors (Lipinski definition) is 3. The number of aryl methyl sites for hydroxylation is 1. The molecule has 1 saturated heterocycles. The van der Waals surface area contributed by atoms with Crippen molar-refractivity contribution in [2.24, 2.45) is 0 Å². The van der Waals surface area contributed by atoms with Crippen LogP contribution in [0.5, 0.6) is 5.75 Å². The molecule has 0 aliphatic carbocycles. The van der Waals surface area contributed by atoms with Gasteiger partial charge in [-0.3, -0.25) is 19.7 Å². The molecular weight excluding hydrogens is 537 g/mol. The van der Waals surface area contributed by atoms with Gasteiger partial charge in [0.25, 0.3) is 5.91 Å². The summed E-state index contributed by atoms with van der Waals surface area (Å²) in [5, 5.41) is 8.29. The normalized spacial score (nSPS) is 17.2. The molecule has 2 aliphatic rings. The van der Waals surface area contributed by atoms with Crippen LogP contribution in [0.4, 0.5) is 14.9 Å². The first-order chi connectivity index (χ1) is 19.0. The van der Waals surface area contributed by atoms with Crippen LogP contribution in [0.15, 0.2) is 24.3 Å². The highest BCUT2D eigenvalue weighted by molar-refractivity contribution is 7.18. The summed E-state index contributed by atoms with van der Waals surface area (Å²) in [5.41, 5.74) is 1.07. The Morgan fingerprint density at radius 2 is 2.02 bits per heavy atom. The Kier molecular flexibility index (Phi) is 7.21. The maximum Gasteiger partial charge on any atom is 0.320 e. The standard InChI is InChI=1S/C28H30FN5O5S/c1-5-14-11-19(39-6-2)23-20(12-14)40-26(32-23)28(3,4)33-27(38)30-17-8-7-15-16(22(17)29)13-34(25(15)37)18-9-10-21(35)31-24(18)36/h7-8,11-12,18H,5-6,9-10,13H2,1-4H3,(H2,30,33,38)(H,31,35,36). The highest BCUT2D eigenvalue weighted by Crippen LogP contribution is 2.36. The summed E-state index contributed by atoms with van der Waals surface area (Å²) in [6.07, 6.45) is 1.12. The zero-order chi connectivity index (χ0) is 28.8. The summed E-state index contributed by atoms with van der Waals surface area (Å²) in [6, 6.07) is 5.29. The Bertz CT molecular complexity index is 1550. The second-order valence-electron chi connectivity index (χ2n) is 10.3. The maximum absolute atomic E-state index is 15.5. The molecule has 10 nitrogen and oxygen atoms in total. The number of ether oxygens (including phenoxy) is 1. The van der Waals surface area contributed by atoms with Crippen molar-refractivity contribution >= 4 is 51.0 Å². The van der Waals surface area contributed by atoms with E-state index < -0.39 is 41.2 Å². The number of rotatable bonds is 7. The average molecular weight is 568 g/mol. The van der Waals surface area contributed by atoms with E-state index in [1.165, 1.54) is 28.4 Å². The van der Waals surface area contributed by atoms with Gasteiger partial charge < -0.3 is 20.3 Å². The Labute approximate surface area is 234 Å². The highest BCUT2D eigenvalue weighted by Gasteiger charge is 2.40. The van der Waals surface area contributed by atoms with Crippen LogP contribution in [0, 0.1) is 5.82 Å². The van der Waals surface area contributed by atoms with Crippen molar-refractivity contribution in [1.29, 1.82) is 0 Å². The van der Waals surface area contributed by atoms with Crippen LogP contribution in [0.2, 0.25) is 0 Å². The van der Waals surface area contributed by atoms with E-state index in [1.807, 2.05) is 13.0 Å². The Balaban J connectivity index is 1.33. The lowest BCUT2D eigenvalue weighted by Gasteiger charge is -2.29. The number of fused-ring (bicyclic) bond motifs is 2. The predicted octanol–water partition coefficient (Wildman–Crippen LogP) is 4.21. The minimum absolute atomic E-state index is 0.0908. The van der Waals surface area contributed by atoms with Gasteiger partial charge in [0.05, 0.1) is 29.1 Å². The smallest absolute Gasteiger partial charge is 0.320 e. The lowest BCUT2D eigenvalue weighted by molar-refractivity contribution is -0.136. The van der Waals surface area contributed by atoms with Gasteiger partial charge in [-0.25, -0.2) is 14.2 Å². The topological polar surface area (TPSA) is 130 Å². The van der Waals surface area contributed by atoms with E-state index in [2.05, 4.69) is 28.9 Å². The number of aromatic nitrogens is 1. The minimum Gasteiger partial charge on any atom is -0.492 e. The fraction of sp³-hybridized carbons (Fsp3) is 0.393. The van der Waals surface area contributed by atoms with Crippen molar-refractivity contribution in [3.05, 3.63) is 51.8 Å². The number of nitrogens with one attached hydrogen (secondary N) is 3. The first-order valence-corrected chi connectivity index (χ1v) is 14.0. The van der Waals surface area contributed by atoms with Crippen LogP contribution in [-0.4, -0.2) is 46.3 Å². The number of carbonyl (C=O) groups excluding carboxylic acids is 4. The first-order valence-electron chi connectivity index (χ1n) is 13.1. The van der Waals surface area contributed by atoms with E-state index in [4.69, 9.17) is 9.72 Å². The molecule has 3 heterocycles. The van der Waals surface area contributed by atoms with Crippen molar-refractivity contribution in [3.63, 3.8) is 0 Å². The van der Waals surface area contributed by atoms with Crippen LogP contribution in [0.25, 0.3) is 10.2 Å². The molecule has 40 heavy (non-hydrogen) atoms. The quantitative estimate of drug-likeness (QED) is 0.367. The van der Waals surface area contributed by atoms with Crippen LogP contribution in [-0.2, 0) is 28.1 Å². The largest absolute Gasteiger partial charge is 0.492 e. The van der Waals surface area contributed by atoms with Gasteiger partial charge in [-0.05, 0) is 63.4 Å². The lowest BCUT2D eigenvalue weighted by Crippen LogP contribution is -2.52. The van der Waals surface area contributed by atoms with Crippen LogP contribution < -0.4 is 20.7 Å². The van der Waals surface area contributed by atoms with E-state index in [1.54, 1.807) is 13.8 Å². The van der Waals surface area contributed by atoms with E-state index in [0.717, 1.165) is 22.2 Å². The zero-order valence-corrected chi connectivity index (χ0v) is 23.5. The summed E-state index contributed by atoms with van der Waals surface area (Å²) in [5.74, 6) is -1.52. The molecule has 1 aromatic heterocycles. The van der Waals surface area contributed by atoms with Gasteiger partial charge in [0.15, 0.2) is 5.82 Å². The number of thiazole rings is 1. The van der Waals surface area contributed by atoms with E-state index in [9.17, 15) is 19.2 Å². The summed E-state index contributed by atoms with van der Waals surface area (Å²) < 4.78 is 22.2. The minimum atomic E-state index is -0.893. The summed E-state index contributed by atoms with van der Waals surface area (Å²) in [6.45, 7) is 7.95. The van der Waals surface area contributed by atoms with Crippen molar-refractivity contribution in [2.75, 3.05) is 11.9 Å². The third kappa shape index (κ3) is 4.99. The van der Waals surface area contributed by atoms with Crippen LogP contribution >= 0.6 is 11.3 Å². The molecule has 0 radical (unpaired) electrons. The molecule has 5 rings (SSSR count). The lowest BCUT2D eigenvalue weighted by atomic mass is 10.0. The van der Waals surface area contributed by atoms with E-state index in [-0.39, 0.29) is 36.2 Å². The Morgan fingerprint density at radius 1 is 1.25 bits per heavy atom. The average Bonchev–Trinajstić information content (AvgIpc) is 3.48. The van der Waals surface area contributed by atoms with Crippen LogP contribution in [0.1, 0.15) is 67.0 Å². The fourth-order valence-corrected chi connectivity index (χ4v) is 6.09. The molecule has 0 spiro atoms. The summed E-state index contributed by atoms with van der Waals surface area (Å²) in [7, 11) is 0. The molecular formula is C28H30FN5O5S. The van der Waals surface area contributed by atoms with E-state index >= 15 is 4.39 Å². The number of piperidine rings is 1. The summed E-state index contributed by atoms with van der Waals surface area (Å²) >= 11 is 1.45. The number of benzene rings is 2. The number of anilines is 1. The van der Waals surface area contributed by atoms with Crippen molar-refractivity contribution in [3.8, 4) is 5.75 Å². The zero-order valence-electron chi connectivity index (χ0n) is 22.6. The molecule has 2 aliphatic heterocycles. The van der Waals surface area contributed by atoms with Crippen LogP contribution in [0.3, 0.4) is 0 Å². The number of urea groups is 1. The predicted molar refractivity (Wildman–Crippen MR) is 148 cm³/mol. The number of hydrogen-bond acceptors (Lipinski definition) is 7. The molecule has 3 N–H and O–H groups in total. The van der Waals surface area contributed by atoms with Gasteiger partial charge in [-0.15, -0.1) is 11.3 Å². The molecule has 3 aromatic rings. The second kappa shape index (κ2) is 10.5. The summed E-state index contributed by atoms with van der Waals surface area (Å²) in [4.78, 5) is 55.7. The molecule has 2 aromatic carbocycles. The van der Waals surface area contributed by atoms with E-state index in [0.29, 0.717) is 17.4 Å². The molecule has 1 atom stereocenters. The van der Waals surface area contributed by atoms with Crippen molar-refractivity contribution < 1.29 is 28.3 Å². The van der Waals surface area contributed by atoms with Gasteiger partial charge in [0.2, 0.25) is 11.8 Å². The second-order valence-corrected chi connectivity index (χ2v) is 11.3. The third-order valence-corrected chi connectivity index (χ3v) is 8.41. The molecule has 210 valence electrons. The SMILES string of the molecule is CCOc1cc(CC)cc2sc(C(C)(C)NC(=O)Nc3ccc4c(c3F)CN(C3CCC(=O)NC3=O)C4=O)nc12. The van der Waals surface area contributed by atoms with Gasteiger partial charge >= 0.3 is 6.03 Å². The molecule has 5 amide bonds. The van der Waals surface area contributed by atoms with Crippen molar-refractivity contribution in [1.82, 2.24) is 20.5 Å². The maximum atomic E-state index is 15.5. The number of nitrogens with zero attached hydrogens (tertiary/aromatic N) is 2. The molecule has 0 bridgehead atoms. The number of amides is 5. The number of imide groups is 1. The Hall–Kier alpha value is -4.06. The molecule has 12 heteroatoms. The van der Waals surface area contributed by atoms with Gasteiger partial charge in [0, 0.05) is 17.5 Å². The number of carbonyl (C=O) groups is 4. The van der Waals surface area contributed by atoms with Gasteiger partial charge in [-0.2, -0.15) is 0 Å². The highest BCUT2D eigenvalue weighted by atomic mass is 32.1. The monoisotopic (exact) mass is 567 g/mol. The Morgan fingerprint density at radius 3 is 2.73 bits per heavy atom. The fourth-order valence-electron chi connectivity index (χ4n) is 4.98. The van der Waals surface area contributed by atoms with Gasteiger partial charge in [0.1, 0.15) is 22.3 Å². The molecule has 0 saturated carbocycles. The first kappa shape index (κ1) is 27.5.